The molecule has 82 valence electrons. The van der Waals surface area contributed by atoms with Crippen molar-refractivity contribution < 1.29 is 4.79 Å². The van der Waals surface area contributed by atoms with E-state index in [0.29, 0.717) is 17.1 Å². The number of nitrogens with two attached hydrogens (primary N) is 1. The molecule has 5 heteroatoms. The van der Waals surface area contributed by atoms with Crippen molar-refractivity contribution in [2.75, 3.05) is 5.32 Å². The Hall–Kier alpha value is -0.580. The summed E-state index contributed by atoms with van der Waals surface area (Å²) >= 11 is 9.13. The zero-order valence-corrected chi connectivity index (χ0v) is 10.6. The Morgan fingerprint density at radius 3 is 2.93 bits per heavy atom. The zero-order valence-electron chi connectivity index (χ0n) is 8.26. The lowest BCUT2D eigenvalue weighted by molar-refractivity contribution is -0.117. The molecule has 1 aromatic rings. The van der Waals surface area contributed by atoms with Crippen LogP contribution in [-0.4, -0.2) is 11.9 Å². The maximum Gasteiger partial charge on any atom is 0.241 e. The van der Waals surface area contributed by atoms with Crippen LogP contribution in [0.4, 0.5) is 5.69 Å². The molecule has 0 saturated heterocycles. The third-order valence-electron chi connectivity index (χ3n) is 1.96. The van der Waals surface area contributed by atoms with E-state index in [2.05, 4.69) is 21.2 Å². The van der Waals surface area contributed by atoms with Crippen LogP contribution in [0, 0.1) is 0 Å². The molecule has 0 radical (unpaired) electrons. The quantitative estimate of drug-likeness (QED) is 0.900. The molecule has 3 nitrogen and oxygen atoms in total. The smallest absolute Gasteiger partial charge is 0.241 e. The van der Waals surface area contributed by atoms with Crippen molar-refractivity contribution >= 4 is 39.1 Å². The molecule has 0 heterocycles. The van der Waals surface area contributed by atoms with E-state index < -0.39 is 6.04 Å². The van der Waals surface area contributed by atoms with Crippen LogP contribution in [0.5, 0.6) is 0 Å². The normalized spacial score (nSPS) is 12.3. The Morgan fingerprint density at radius 2 is 2.33 bits per heavy atom. The molecule has 1 atom stereocenters. The van der Waals surface area contributed by atoms with Crippen molar-refractivity contribution in [2.45, 2.75) is 19.4 Å². The van der Waals surface area contributed by atoms with Gasteiger partial charge < -0.3 is 11.1 Å². The summed E-state index contributed by atoms with van der Waals surface area (Å²) in [6.07, 6.45) is 0.601. The highest BCUT2D eigenvalue weighted by Crippen LogP contribution is 2.25. The van der Waals surface area contributed by atoms with Gasteiger partial charge in [-0.05, 0) is 40.5 Å². The first kappa shape index (κ1) is 12.5. The van der Waals surface area contributed by atoms with Crippen LogP contribution in [0.25, 0.3) is 0 Å². The van der Waals surface area contributed by atoms with Gasteiger partial charge in [0.15, 0.2) is 0 Å². The third-order valence-corrected chi connectivity index (χ3v) is 2.89. The summed E-state index contributed by atoms with van der Waals surface area (Å²) in [6.45, 7) is 1.86. The van der Waals surface area contributed by atoms with Crippen LogP contribution in [0.15, 0.2) is 22.7 Å². The summed E-state index contributed by atoms with van der Waals surface area (Å²) in [5.74, 6) is -0.208. The molecule has 0 aliphatic heterocycles. The van der Waals surface area contributed by atoms with Crippen molar-refractivity contribution in [2.24, 2.45) is 5.73 Å². The van der Waals surface area contributed by atoms with Crippen molar-refractivity contribution in [3.63, 3.8) is 0 Å². The summed E-state index contributed by atoms with van der Waals surface area (Å²) in [5, 5.41) is 3.27. The minimum atomic E-state index is -0.490. The molecule has 1 rings (SSSR count). The molecule has 1 amide bonds. The Kier molecular flexibility index (Phi) is 4.57. The molecule has 0 spiro atoms. The largest absolute Gasteiger partial charge is 0.324 e. The standard InChI is InChI=1S/C10H12BrClN2O/c1-2-8(13)10(15)14-9-5-6(12)3-4-7(9)11/h3-5,8H,2,13H2,1H3,(H,14,15)/t8-/m1/s1. The number of hydrogen-bond donors (Lipinski definition) is 2. The Balaban J connectivity index is 2.80. The number of halogens is 2. The highest BCUT2D eigenvalue weighted by Gasteiger charge is 2.12. The molecule has 0 fully saturated rings. The Morgan fingerprint density at radius 1 is 1.67 bits per heavy atom. The van der Waals surface area contributed by atoms with E-state index in [1.807, 2.05) is 6.92 Å². The second-order valence-electron chi connectivity index (χ2n) is 3.13. The van der Waals surface area contributed by atoms with Crippen LogP contribution in [0.1, 0.15) is 13.3 Å². The van der Waals surface area contributed by atoms with Crippen molar-refractivity contribution in [3.05, 3.63) is 27.7 Å². The van der Waals surface area contributed by atoms with Crippen LogP contribution < -0.4 is 11.1 Å². The van der Waals surface area contributed by atoms with E-state index in [-0.39, 0.29) is 5.91 Å². The summed E-state index contributed by atoms with van der Waals surface area (Å²) in [7, 11) is 0. The molecular weight excluding hydrogens is 279 g/mol. The van der Waals surface area contributed by atoms with Gasteiger partial charge >= 0.3 is 0 Å². The maximum absolute atomic E-state index is 11.5. The van der Waals surface area contributed by atoms with Gasteiger partial charge in [-0.2, -0.15) is 0 Å². The highest BCUT2D eigenvalue weighted by atomic mass is 79.9. The highest BCUT2D eigenvalue weighted by molar-refractivity contribution is 9.10. The van der Waals surface area contributed by atoms with E-state index >= 15 is 0 Å². The van der Waals surface area contributed by atoms with Gasteiger partial charge in [-0.25, -0.2) is 0 Å². The summed E-state index contributed by atoms with van der Waals surface area (Å²) in [4.78, 5) is 11.5. The number of benzene rings is 1. The topological polar surface area (TPSA) is 55.1 Å². The minimum Gasteiger partial charge on any atom is -0.324 e. The van der Waals surface area contributed by atoms with Gasteiger partial charge in [0, 0.05) is 9.50 Å². The number of hydrogen-bond acceptors (Lipinski definition) is 2. The molecule has 1 aromatic carbocycles. The predicted octanol–water partition coefficient (Wildman–Crippen LogP) is 2.78. The van der Waals surface area contributed by atoms with E-state index in [0.717, 1.165) is 4.47 Å². The lowest BCUT2D eigenvalue weighted by atomic mass is 10.2. The van der Waals surface area contributed by atoms with Gasteiger partial charge in [-0.3, -0.25) is 4.79 Å². The van der Waals surface area contributed by atoms with Crippen molar-refractivity contribution in [1.29, 1.82) is 0 Å². The second kappa shape index (κ2) is 5.49. The molecule has 0 saturated carbocycles. The number of rotatable bonds is 3. The van der Waals surface area contributed by atoms with Crippen molar-refractivity contribution in [1.82, 2.24) is 0 Å². The number of nitrogens with one attached hydrogen (secondary N) is 1. The van der Waals surface area contributed by atoms with E-state index in [1.54, 1.807) is 18.2 Å². The average Bonchev–Trinajstić information content (AvgIpc) is 2.22. The van der Waals surface area contributed by atoms with Crippen LogP contribution >= 0.6 is 27.5 Å². The first-order valence-corrected chi connectivity index (χ1v) is 5.73. The molecule has 0 unspecified atom stereocenters. The van der Waals surface area contributed by atoms with E-state index in [9.17, 15) is 4.79 Å². The zero-order chi connectivity index (χ0) is 11.4. The lowest BCUT2D eigenvalue weighted by Gasteiger charge is -2.11. The van der Waals surface area contributed by atoms with Gasteiger partial charge in [-0.15, -0.1) is 0 Å². The van der Waals surface area contributed by atoms with E-state index in [4.69, 9.17) is 17.3 Å². The van der Waals surface area contributed by atoms with Crippen LogP contribution in [0.3, 0.4) is 0 Å². The molecule has 0 aromatic heterocycles. The van der Waals surface area contributed by atoms with E-state index in [1.165, 1.54) is 0 Å². The predicted molar refractivity (Wildman–Crippen MR) is 66.0 cm³/mol. The molecule has 0 aliphatic rings. The molecular formula is C10H12BrClN2O. The monoisotopic (exact) mass is 290 g/mol. The number of carbonyl (C=O) groups excluding carboxylic acids is 1. The molecule has 3 N–H and O–H groups in total. The molecule has 0 aliphatic carbocycles. The Bertz CT molecular complexity index is 370. The first-order valence-electron chi connectivity index (χ1n) is 4.56. The third kappa shape index (κ3) is 3.48. The first-order chi connectivity index (χ1) is 7.04. The Labute approximate surface area is 102 Å². The SMILES string of the molecule is CC[C@@H](N)C(=O)Nc1cc(Cl)ccc1Br. The summed E-state index contributed by atoms with van der Waals surface area (Å²) in [5.41, 5.74) is 6.23. The number of amides is 1. The number of anilines is 1. The van der Waals surface area contributed by atoms with Crippen LogP contribution in [0.2, 0.25) is 5.02 Å². The summed E-state index contributed by atoms with van der Waals surface area (Å²) in [6, 6.07) is 4.69. The fourth-order valence-corrected chi connectivity index (χ4v) is 1.52. The average molecular weight is 292 g/mol. The molecule has 15 heavy (non-hydrogen) atoms. The van der Waals surface area contributed by atoms with Gasteiger partial charge in [0.1, 0.15) is 0 Å². The second-order valence-corrected chi connectivity index (χ2v) is 4.42. The minimum absolute atomic E-state index is 0.208. The lowest BCUT2D eigenvalue weighted by Crippen LogP contribution is -2.34. The van der Waals surface area contributed by atoms with Gasteiger partial charge in [0.05, 0.1) is 11.7 Å². The van der Waals surface area contributed by atoms with Crippen LogP contribution in [-0.2, 0) is 4.79 Å². The fourth-order valence-electron chi connectivity index (χ4n) is 1.00. The van der Waals surface area contributed by atoms with Gasteiger partial charge in [0.25, 0.3) is 0 Å². The maximum atomic E-state index is 11.5. The summed E-state index contributed by atoms with van der Waals surface area (Å²) < 4.78 is 0.781. The van der Waals surface area contributed by atoms with Crippen molar-refractivity contribution in [3.8, 4) is 0 Å². The number of carbonyl (C=O) groups is 1. The fraction of sp³-hybridized carbons (Fsp3) is 0.300. The van der Waals surface area contributed by atoms with Gasteiger partial charge in [0.2, 0.25) is 5.91 Å². The molecule has 0 bridgehead atoms. The van der Waals surface area contributed by atoms with Gasteiger partial charge in [-0.1, -0.05) is 18.5 Å².